The van der Waals surface area contributed by atoms with Crippen LogP contribution in [0.5, 0.6) is 0 Å². The van der Waals surface area contributed by atoms with E-state index in [4.69, 9.17) is 16.6 Å². The molecule has 5 rings (SSSR count). The summed E-state index contributed by atoms with van der Waals surface area (Å²) < 4.78 is 0. The van der Waals surface area contributed by atoms with Crippen LogP contribution in [0, 0.1) is 6.92 Å². The molecule has 1 aliphatic rings. The molecule has 2 aromatic heterocycles. The van der Waals surface area contributed by atoms with Crippen molar-refractivity contribution in [2.24, 2.45) is 5.73 Å². The molecule has 1 aliphatic heterocycles. The van der Waals surface area contributed by atoms with Gasteiger partial charge in [0.15, 0.2) is 0 Å². The van der Waals surface area contributed by atoms with Crippen LogP contribution in [-0.2, 0) is 19.5 Å². The Morgan fingerprint density at radius 1 is 1.24 bits per heavy atom. The number of fused-ring (bicyclic) bond motifs is 2. The van der Waals surface area contributed by atoms with E-state index in [2.05, 4.69) is 22.1 Å². The van der Waals surface area contributed by atoms with Crippen LogP contribution >= 0.6 is 23.7 Å². The molecule has 4 aromatic rings. The molecule has 34 heavy (non-hydrogen) atoms. The van der Waals surface area contributed by atoms with E-state index in [0.717, 1.165) is 23.1 Å². The number of carbonyl (C=O) groups is 1. The molecule has 0 spiro atoms. The van der Waals surface area contributed by atoms with E-state index in [0.29, 0.717) is 35.5 Å². The third-order valence-electron chi connectivity index (χ3n) is 5.59. The quantitative estimate of drug-likeness (QED) is 0.300. The zero-order valence-electron chi connectivity index (χ0n) is 18.1. The molecule has 0 unspecified atom stereocenters. The third kappa shape index (κ3) is 4.45. The standard InChI is InChI=1S/C14H15N3O2.C8H6N2O3S.ClH/c15-6-8-1-2-9-3-4-17(7-10(9)5-8)12-11(16)13(18)14(12)19;1-3-2-14-7-4(3)6(11)9-5(10-7)8(12)13;/h1-2,5H,3-4,6-7,15-16H2;2H,1H3,(H,12,13)(H,9,10,11);1H. The molecule has 10 nitrogen and oxygen atoms in total. The number of carboxylic acid groups (broad SMARTS) is 1. The normalized spacial score (nSPS) is 12.6. The maximum Gasteiger partial charge on any atom is 0.372 e. The van der Waals surface area contributed by atoms with Crippen LogP contribution in [0.4, 0.5) is 11.4 Å². The second-order valence-electron chi connectivity index (χ2n) is 7.72. The number of nitrogens with two attached hydrogens (primary N) is 2. The van der Waals surface area contributed by atoms with Crippen molar-refractivity contribution in [2.75, 3.05) is 17.2 Å². The predicted molar refractivity (Wildman–Crippen MR) is 134 cm³/mol. The molecule has 178 valence electrons. The van der Waals surface area contributed by atoms with Crippen molar-refractivity contribution in [1.29, 1.82) is 0 Å². The number of benzene rings is 1. The Kier molecular flexibility index (Phi) is 7.20. The average molecular weight is 504 g/mol. The highest BCUT2D eigenvalue weighted by Gasteiger charge is 2.26. The molecule has 0 atom stereocenters. The minimum Gasteiger partial charge on any atom is -0.475 e. The van der Waals surface area contributed by atoms with Gasteiger partial charge in [-0.15, -0.1) is 23.7 Å². The van der Waals surface area contributed by atoms with Gasteiger partial charge in [-0.1, -0.05) is 18.2 Å². The monoisotopic (exact) mass is 503 g/mol. The van der Waals surface area contributed by atoms with Crippen molar-refractivity contribution in [2.45, 2.75) is 26.4 Å². The van der Waals surface area contributed by atoms with E-state index in [1.54, 1.807) is 12.3 Å². The van der Waals surface area contributed by atoms with Gasteiger partial charge >= 0.3 is 5.97 Å². The van der Waals surface area contributed by atoms with Crippen molar-refractivity contribution in [3.05, 3.63) is 82.5 Å². The van der Waals surface area contributed by atoms with E-state index >= 15 is 0 Å². The van der Waals surface area contributed by atoms with Crippen molar-refractivity contribution in [3.63, 3.8) is 0 Å². The van der Waals surface area contributed by atoms with E-state index in [1.807, 2.05) is 11.0 Å². The van der Waals surface area contributed by atoms with Crippen LogP contribution in [0.1, 0.15) is 32.9 Å². The zero-order valence-corrected chi connectivity index (χ0v) is 19.7. The number of hydrogen-bond acceptors (Lipinski definition) is 9. The number of aryl methyl sites for hydroxylation is 1. The lowest BCUT2D eigenvalue weighted by molar-refractivity contribution is 0.0683. The van der Waals surface area contributed by atoms with E-state index in [-0.39, 0.29) is 23.9 Å². The lowest BCUT2D eigenvalue weighted by atomic mass is 9.96. The molecule has 0 saturated carbocycles. The van der Waals surface area contributed by atoms with Gasteiger partial charge in [0.2, 0.25) is 5.82 Å². The van der Waals surface area contributed by atoms with Gasteiger partial charge in [0, 0.05) is 19.6 Å². The Morgan fingerprint density at radius 3 is 2.62 bits per heavy atom. The van der Waals surface area contributed by atoms with Gasteiger partial charge in [-0.25, -0.2) is 9.78 Å². The van der Waals surface area contributed by atoms with E-state index < -0.39 is 22.4 Å². The Balaban J connectivity index is 0.000000193. The van der Waals surface area contributed by atoms with Gasteiger partial charge in [0.25, 0.3) is 16.4 Å². The topological polar surface area (TPSA) is 172 Å². The average Bonchev–Trinajstić information content (AvgIpc) is 3.20. The van der Waals surface area contributed by atoms with Crippen LogP contribution in [-0.4, -0.2) is 27.6 Å². The first kappa shape index (κ1) is 25.1. The lowest BCUT2D eigenvalue weighted by Gasteiger charge is -2.31. The number of aromatic carboxylic acids is 1. The highest BCUT2D eigenvalue weighted by molar-refractivity contribution is 7.16. The first-order valence-electron chi connectivity index (χ1n) is 10.1. The first-order valence-corrected chi connectivity index (χ1v) is 10.9. The molecular formula is C22H22ClN5O5S. The lowest BCUT2D eigenvalue weighted by Crippen LogP contribution is -2.44. The Hall–Kier alpha value is -3.54. The summed E-state index contributed by atoms with van der Waals surface area (Å²) in [6, 6.07) is 6.17. The second-order valence-corrected chi connectivity index (χ2v) is 8.58. The third-order valence-corrected chi connectivity index (χ3v) is 6.58. The van der Waals surface area contributed by atoms with Crippen molar-refractivity contribution >= 4 is 51.3 Å². The summed E-state index contributed by atoms with van der Waals surface area (Å²) in [5.74, 6) is -1.54. The molecule has 0 amide bonds. The molecule has 0 radical (unpaired) electrons. The summed E-state index contributed by atoms with van der Waals surface area (Å²) in [6.07, 6.45) is 0.846. The number of nitrogen functional groups attached to an aromatic ring is 1. The van der Waals surface area contributed by atoms with Gasteiger partial charge < -0.3 is 26.5 Å². The number of hydrogen-bond donors (Lipinski definition) is 4. The van der Waals surface area contributed by atoms with Gasteiger partial charge in [-0.05, 0) is 41.0 Å². The minimum atomic E-state index is -1.23. The number of aromatic amines is 1. The smallest absolute Gasteiger partial charge is 0.372 e. The number of nitrogens with one attached hydrogen (secondary N) is 1. The van der Waals surface area contributed by atoms with Gasteiger partial charge in [-0.3, -0.25) is 14.4 Å². The highest BCUT2D eigenvalue weighted by atomic mass is 35.5. The molecule has 3 heterocycles. The first-order chi connectivity index (χ1) is 15.7. The van der Waals surface area contributed by atoms with Crippen molar-refractivity contribution in [3.8, 4) is 0 Å². The van der Waals surface area contributed by atoms with E-state index in [1.165, 1.54) is 16.9 Å². The van der Waals surface area contributed by atoms with E-state index in [9.17, 15) is 19.2 Å². The summed E-state index contributed by atoms with van der Waals surface area (Å²) in [7, 11) is 0. The molecule has 6 N–H and O–H groups in total. The maximum absolute atomic E-state index is 11.6. The second kappa shape index (κ2) is 9.75. The number of anilines is 2. The largest absolute Gasteiger partial charge is 0.475 e. The molecule has 0 fully saturated rings. The SMILES string of the molecule is Cc1csc2nc(C(=O)O)[nH]c(=O)c12.Cl.NCc1ccc2c(c1)CN(c1c(N)c(=O)c1=O)CC2. The number of aromatic nitrogens is 2. The molecule has 0 bridgehead atoms. The minimum absolute atomic E-state index is 0. The fourth-order valence-electron chi connectivity index (χ4n) is 3.83. The molecular weight excluding hydrogens is 482 g/mol. The number of halogens is 1. The maximum atomic E-state index is 11.6. The van der Waals surface area contributed by atoms with Gasteiger partial charge in [0.1, 0.15) is 16.2 Å². The molecule has 0 saturated heterocycles. The number of nitrogens with zero attached hydrogens (tertiary/aromatic N) is 2. The van der Waals surface area contributed by atoms with Crippen LogP contribution in [0.25, 0.3) is 10.2 Å². The van der Waals surface area contributed by atoms with Crippen LogP contribution in [0.2, 0.25) is 0 Å². The number of H-pyrrole nitrogens is 1. The van der Waals surface area contributed by atoms with Crippen molar-refractivity contribution < 1.29 is 9.90 Å². The van der Waals surface area contributed by atoms with Crippen LogP contribution < -0.4 is 32.8 Å². The zero-order chi connectivity index (χ0) is 23.9. The molecule has 2 aromatic carbocycles. The summed E-state index contributed by atoms with van der Waals surface area (Å²) in [5, 5.41) is 10.9. The number of rotatable bonds is 3. The molecule has 12 heteroatoms. The molecule has 0 aliphatic carbocycles. The van der Waals surface area contributed by atoms with Gasteiger partial charge in [-0.2, -0.15) is 0 Å². The Bertz CT molecular complexity index is 1520. The predicted octanol–water partition coefficient (Wildman–Crippen LogP) is 1.30. The Morgan fingerprint density at radius 2 is 1.97 bits per heavy atom. The fraction of sp³-hybridized carbons (Fsp3) is 0.227. The van der Waals surface area contributed by atoms with Gasteiger partial charge in [0.05, 0.1) is 5.39 Å². The number of carboxylic acids is 1. The van der Waals surface area contributed by atoms with Crippen LogP contribution in [0.3, 0.4) is 0 Å². The highest BCUT2D eigenvalue weighted by Crippen LogP contribution is 2.26. The Labute approximate surface area is 203 Å². The number of thiophene rings is 1. The summed E-state index contributed by atoms with van der Waals surface area (Å²) in [6.45, 7) is 3.61. The summed E-state index contributed by atoms with van der Waals surface area (Å²) in [4.78, 5) is 53.1. The van der Waals surface area contributed by atoms with Crippen LogP contribution in [0.15, 0.2) is 38.0 Å². The van der Waals surface area contributed by atoms with Crippen molar-refractivity contribution in [1.82, 2.24) is 9.97 Å². The summed E-state index contributed by atoms with van der Waals surface area (Å²) >= 11 is 1.27. The fourth-order valence-corrected chi connectivity index (χ4v) is 4.75. The summed E-state index contributed by atoms with van der Waals surface area (Å²) in [5.41, 5.74) is 14.6.